The van der Waals surface area contributed by atoms with Crippen molar-refractivity contribution in [3.8, 4) is 11.5 Å². The van der Waals surface area contributed by atoms with Crippen molar-refractivity contribution in [3.05, 3.63) is 23.8 Å². The number of piperazine rings is 1. The van der Waals surface area contributed by atoms with Gasteiger partial charge < -0.3 is 24.6 Å². The molecule has 2 rings (SSSR count). The summed E-state index contributed by atoms with van der Waals surface area (Å²) in [6.45, 7) is 3.75. The molecule has 0 saturated carbocycles. The molecule has 0 unspecified atom stereocenters. The second kappa shape index (κ2) is 9.12. The fourth-order valence-electron chi connectivity index (χ4n) is 2.65. The lowest BCUT2D eigenvalue weighted by atomic mass is 10.2. The number of methoxy groups -OCH3 is 2. The van der Waals surface area contributed by atoms with Crippen LogP contribution in [-0.2, 0) is 16.1 Å². The maximum Gasteiger partial charge on any atom is 0.223 e. The molecule has 132 valence electrons. The molecule has 24 heavy (non-hydrogen) atoms. The molecule has 7 heteroatoms. The molecule has 1 aromatic carbocycles. The van der Waals surface area contributed by atoms with E-state index in [1.165, 1.54) is 0 Å². The molecule has 0 spiro atoms. The van der Waals surface area contributed by atoms with Crippen LogP contribution >= 0.6 is 0 Å². The van der Waals surface area contributed by atoms with E-state index >= 15 is 0 Å². The van der Waals surface area contributed by atoms with E-state index in [0.717, 1.165) is 12.0 Å². The normalized spacial score (nSPS) is 14.4. The molecule has 7 nitrogen and oxygen atoms in total. The van der Waals surface area contributed by atoms with E-state index in [2.05, 4.69) is 5.32 Å². The average Bonchev–Trinajstić information content (AvgIpc) is 2.64. The van der Waals surface area contributed by atoms with Crippen LogP contribution in [0, 0.1) is 0 Å². The lowest BCUT2D eigenvalue weighted by Crippen LogP contribution is -2.48. The highest BCUT2D eigenvalue weighted by atomic mass is 16.5. The zero-order valence-electron chi connectivity index (χ0n) is 14.3. The van der Waals surface area contributed by atoms with Gasteiger partial charge in [-0.05, 0) is 17.7 Å². The summed E-state index contributed by atoms with van der Waals surface area (Å²) in [5.41, 5.74) is 1.07. The van der Waals surface area contributed by atoms with Gasteiger partial charge in [0.1, 0.15) is 0 Å². The van der Waals surface area contributed by atoms with Crippen LogP contribution in [0.15, 0.2) is 18.2 Å². The first-order chi connectivity index (χ1) is 11.7. The minimum Gasteiger partial charge on any atom is -0.493 e. The largest absolute Gasteiger partial charge is 0.493 e. The quantitative estimate of drug-likeness (QED) is 0.553. The monoisotopic (exact) mass is 335 g/mol. The Morgan fingerprint density at radius 1 is 1.17 bits per heavy atom. The summed E-state index contributed by atoms with van der Waals surface area (Å²) in [5, 5.41) is 3.27. The third-order valence-electron chi connectivity index (χ3n) is 4.11. The third kappa shape index (κ3) is 4.86. The van der Waals surface area contributed by atoms with Gasteiger partial charge in [-0.25, -0.2) is 0 Å². The van der Waals surface area contributed by atoms with Gasteiger partial charge in [-0.3, -0.25) is 9.59 Å². The van der Waals surface area contributed by atoms with E-state index in [0.29, 0.717) is 57.2 Å². The number of rotatable bonds is 8. The Balaban J connectivity index is 1.71. The number of nitrogens with one attached hydrogen (secondary N) is 1. The van der Waals surface area contributed by atoms with Crippen LogP contribution in [0.5, 0.6) is 11.5 Å². The molecule has 0 radical (unpaired) electrons. The van der Waals surface area contributed by atoms with E-state index in [-0.39, 0.29) is 5.91 Å². The molecule has 0 aromatic heterocycles. The van der Waals surface area contributed by atoms with Gasteiger partial charge in [0.15, 0.2) is 11.5 Å². The molecule has 0 atom stereocenters. The molecule has 1 saturated heterocycles. The first kappa shape index (κ1) is 18.1. The molecule has 1 aliphatic rings. The van der Waals surface area contributed by atoms with Gasteiger partial charge in [0.05, 0.1) is 14.2 Å². The highest BCUT2D eigenvalue weighted by molar-refractivity contribution is 5.76. The summed E-state index contributed by atoms with van der Waals surface area (Å²) < 4.78 is 10.5. The van der Waals surface area contributed by atoms with Gasteiger partial charge in [0, 0.05) is 45.7 Å². The summed E-state index contributed by atoms with van der Waals surface area (Å²) in [6, 6.07) is 5.76. The third-order valence-corrected chi connectivity index (χ3v) is 4.11. The summed E-state index contributed by atoms with van der Waals surface area (Å²) >= 11 is 0. The number of ether oxygens (including phenoxy) is 2. The smallest absolute Gasteiger partial charge is 0.223 e. The Kier molecular flexibility index (Phi) is 6.87. The first-order valence-electron chi connectivity index (χ1n) is 8.06. The number of nitrogens with zero attached hydrogens (tertiary/aromatic N) is 2. The van der Waals surface area contributed by atoms with Gasteiger partial charge in [-0.2, -0.15) is 0 Å². The van der Waals surface area contributed by atoms with Crippen molar-refractivity contribution in [2.75, 3.05) is 46.9 Å². The van der Waals surface area contributed by atoms with Crippen molar-refractivity contribution in [3.63, 3.8) is 0 Å². The van der Waals surface area contributed by atoms with Crippen molar-refractivity contribution in [1.29, 1.82) is 0 Å². The lowest BCUT2D eigenvalue weighted by molar-refractivity contribution is -0.135. The Morgan fingerprint density at radius 3 is 2.50 bits per heavy atom. The molecular formula is C17H25N3O4. The van der Waals surface area contributed by atoms with Crippen molar-refractivity contribution in [1.82, 2.24) is 15.1 Å². The van der Waals surface area contributed by atoms with Crippen LogP contribution in [0.3, 0.4) is 0 Å². The predicted molar refractivity (Wildman–Crippen MR) is 90.1 cm³/mol. The SMILES string of the molecule is COc1ccc(CNCCC(=O)N2CCN(C=O)CC2)cc1OC. The fourth-order valence-corrected chi connectivity index (χ4v) is 2.65. The minimum absolute atomic E-state index is 0.125. The Morgan fingerprint density at radius 2 is 1.88 bits per heavy atom. The van der Waals surface area contributed by atoms with E-state index in [9.17, 15) is 9.59 Å². The molecule has 0 bridgehead atoms. The van der Waals surface area contributed by atoms with Crippen LogP contribution in [-0.4, -0.2) is 69.1 Å². The lowest BCUT2D eigenvalue weighted by Gasteiger charge is -2.32. The van der Waals surface area contributed by atoms with Crippen LogP contribution in [0.1, 0.15) is 12.0 Å². The summed E-state index contributed by atoms with van der Waals surface area (Å²) in [5.74, 6) is 1.52. The molecule has 1 N–H and O–H groups in total. The number of carbonyl (C=O) groups is 2. The van der Waals surface area contributed by atoms with E-state index < -0.39 is 0 Å². The standard InChI is InChI=1S/C17H25N3O4/c1-23-15-4-3-14(11-16(15)24-2)12-18-6-5-17(22)20-9-7-19(13-21)8-10-20/h3-4,11,13,18H,5-10,12H2,1-2H3. The van der Waals surface area contributed by atoms with Gasteiger partial charge in [-0.1, -0.05) is 6.07 Å². The Bertz CT molecular complexity index is 557. The number of hydrogen-bond acceptors (Lipinski definition) is 5. The van der Waals surface area contributed by atoms with Gasteiger partial charge >= 0.3 is 0 Å². The van der Waals surface area contributed by atoms with Crippen molar-refractivity contribution >= 4 is 12.3 Å². The maximum absolute atomic E-state index is 12.1. The highest BCUT2D eigenvalue weighted by Crippen LogP contribution is 2.27. The zero-order valence-corrected chi connectivity index (χ0v) is 14.3. The molecular weight excluding hydrogens is 310 g/mol. The van der Waals surface area contributed by atoms with Crippen LogP contribution in [0.2, 0.25) is 0 Å². The van der Waals surface area contributed by atoms with Gasteiger partial charge in [0.2, 0.25) is 12.3 Å². The molecule has 2 amide bonds. The molecule has 1 fully saturated rings. The van der Waals surface area contributed by atoms with Crippen molar-refractivity contribution in [2.45, 2.75) is 13.0 Å². The van der Waals surface area contributed by atoms with Crippen LogP contribution in [0.4, 0.5) is 0 Å². The summed E-state index contributed by atoms with van der Waals surface area (Å²) in [7, 11) is 3.22. The molecule has 1 aliphatic heterocycles. The number of benzene rings is 1. The van der Waals surface area contributed by atoms with E-state index in [1.54, 1.807) is 19.1 Å². The van der Waals surface area contributed by atoms with Crippen LogP contribution < -0.4 is 14.8 Å². The second-order valence-electron chi connectivity index (χ2n) is 5.64. The van der Waals surface area contributed by atoms with Gasteiger partial charge in [0.25, 0.3) is 0 Å². The van der Waals surface area contributed by atoms with Gasteiger partial charge in [-0.15, -0.1) is 0 Å². The van der Waals surface area contributed by atoms with Crippen molar-refractivity contribution < 1.29 is 19.1 Å². The average molecular weight is 335 g/mol. The first-order valence-corrected chi connectivity index (χ1v) is 8.06. The number of amides is 2. The molecule has 1 aromatic rings. The Hall–Kier alpha value is -2.28. The van der Waals surface area contributed by atoms with Crippen molar-refractivity contribution in [2.24, 2.45) is 0 Å². The second-order valence-corrected chi connectivity index (χ2v) is 5.64. The highest BCUT2D eigenvalue weighted by Gasteiger charge is 2.19. The number of hydrogen-bond donors (Lipinski definition) is 1. The maximum atomic E-state index is 12.1. The van der Waals surface area contributed by atoms with E-state index in [4.69, 9.17) is 9.47 Å². The van der Waals surface area contributed by atoms with Crippen LogP contribution in [0.25, 0.3) is 0 Å². The van der Waals surface area contributed by atoms with E-state index in [1.807, 2.05) is 23.1 Å². The Labute approximate surface area is 142 Å². The zero-order chi connectivity index (χ0) is 17.4. The summed E-state index contributed by atoms with van der Waals surface area (Å²) in [4.78, 5) is 26.3. The minimum atomic E-state index is 0.125. The molecule has 0 aliphatic carbocycles. The molecule has 1 heterocycles. The fraction of sp³-hybridized carbons (Fsp3) is 0.529. The summed E-state index contributed by atoms with van der Waals surface area (Å²) in [6.07, 6.45) is 1.29. The topological polar surface area (TPSA) is 71.1 Å². The predicted octanol–water partition coefficient (Wildman–Crippen LogP) is 0.484. The number of carbonyl (C=O) groups excluding carboxylic acids is 2.